The highest BCUT2D eigenvalue weighted by molar-refractivity contribution is 6.17. The van der Waals surface area contributed by atoms with Gasteiger partial charge in [0.15, 0.2) is 11.6 Å². The average molecular weight is 234 g/mol. The number of alkyl halides is 1. The SMILES string of the molecule is CN(CCCCl)Cc1ccc(F)c(F)c1. The molecule has 1 rings (SSSR count). The van der Waals surface area contributed by atoms with Crippen molar-refractivity contribution in [2.75, 3.05) is 19.5 Å². The maximum atomic E-state index is 12.9. The molecule has 0 aromatic heterocycles. The van der Waals surface area contributed by atoms with Gasteiger partial charge in [0.2, 0.25) is 0 Å². The Balaban J connectivity index is 2.53. The normalized spacial score (nSPS) is 11.0. The van der Waals surface area contributed by atoms with Gasteiger partial charge in [0.05, 0.1) is 0 Å². The van der Waals surface area contributed by atoms with Gasteiger partial charge in [0.1, 0.15) is 0 Å². The van der Waals surface area contributed by atoms with Gasteiger partial charge in [-0.2, -0.15) is 0 Å². The second kappa shape index (κ2) is 6.03. The van der Waals surface area contributed by atoms with Crippen molar-refractivity contribution in [2.24, 2.45) is 0 Å². The van der Waals surface area contributed by atoms with Gasteiger partial charge < -0.3 is 4.90 Å². The predicted molar refractivity (Wildman–Crippen MR) is 58.0 cm³/mol. The molecule has 0 fully saturated rings. The van der Waals surface area contributed by atoms with Crippen LogP contribution in [0.3, 0.4) is 0 Å². The molecule has 15 heavy (non-hydrogen) atoms. The summed E-state index contributed by atoms with van der Waals surface area (Å²) in [6, 6.07) is 3.97. The van der Waals surface area contributed by atoms with E-state index in [1.165, 1.54) is 6.07 Å². The van der Waals surface area contributed by atoms with Crippen LogP contribution >= 0.6 is 11.6 Å². The number of hydrogen-bond donors (Lipinski definition) is 0. The molecule has 0 bridgehead atoms. The fraction of sp³-hybridized carbons (Fsp3) is 0.455. The number of hydrogen-bond acceptors (Lipinski definition) is 1. The molecular weight excluding hydrogens is 220 g/mol. The summed E-state index contributed by atoms with van der Waals surface area (Å²) >= 11 is 5.56. The van der Waals surface area contributed by atoms with Crippen molar-refractivity contribution < 1.29 is 8.78 Å². The van der Waals surface area contributed by atoms with Gasteiger partial charge in [0, 0.05) is 12.4 Å². The molecular formula is C11H14ClF2N. The summed E-state index contributed by atoms with van der Waals surface area (Å²) in [6.07, 6.45) is 0.891. The van der Waals surface area contributed by atoms with E-state index in [9.17, 15) is 8.78 Å². The first-order chi connectivity index (χ1) is 7.13. The lowest BCUT2D eigenvalue weighted by Crippen LogP contribution is -2.19. The lowest BCUT2D eigenvalue weighted by molar-refractivity contribution is 0.327. The van der Waals surface area contributed by atoms with Crippen LogP contribution in [0.25, 0.3) is 0 Å². The Hall–Kier alpha value is -0.670. The van der Waals surface area contributed by atoms with Crippen LogP contribution in [0.4, 0.5) is 8.78 Å². The molecule has 0 heterocycles. The first-order valence-electron chi connectivity index (χ1n) is 4.82. The number of benzene rings is 1. The zero-order chi connectivity index (χ0) is 11.3. The van der Waals surface area contributed by atoms with E-state index >= 15 is 0 Å². The molecule has 4 heteroatoms. The molecule has 1 aromatic rings. The summed E-state index contributed by atoms with van der Waals surface area (Å²) in [6.45, 7) is 1.45. The molecule has 1 aromatic carbocycles. The van der Waals surface area contributed by atoms with Crippen molar-refractivity contribution in [1.29, 1.82) is 0 Å². The third kappa shape index (κ3) is 4.14. The van der Waals surface area contributed by atoms with E-state index in [4.69, 9.17) is 11.6 Å². The molecule has 0 aliphatic heterocycles. The Morgan fingerprint density at radius 1 is 1.27 bits per heavy atom. The molecule has 0 aliphatic carbocycles. The molecule has 0 spiro atoms. The topological polar surface area (TPSA) is 3.24 Å². The molecule has 0 saturated heterocycles. The second-order valence-electron chi connectivity index (χ2n) is 3.53. The molecule has 0 saturated carbocycles. The van der Waals surface area contributed by atoms with Crippen LogP contribution in [0.1, 0.15) is 12.0 Å². The Kier molecular flexibility index (Phi) is 4.99. The van der Waals surface area contributed by atoms with E-state index in [0.29, 0.717) is 12.4 Å². The Morgan fingerprint density at radius 2 is 2.00 bits per heavy atom. The number of halogens is 3. The van der Waals surface area contributed by atoms with Gasteiger partial charge in [-0.05, 0) is 37.7 Å². The molecule has 1 nitrogen and oxygen atoms in total. The van der Waals surface area contributed by atoms with Crippen molar-refractivity contribution in [3.8, 4) is 0 Å². The van der Waals surface area contributed by atoms with Crippen molar-refractivity contribution in [3.05, 3.63) is 35.4 Å². The van der Waals surface area contributed by atoms with E-state index in [-0.39, 0.29) is 0 Å². The van der Waals surface area contributed by atoms with Crippen molar-refractivity contribution in [1.82, 2.24) is 4.90 Å². The lowest BCUT2D eigenvalue weighted by Gasteiger charge is -2.15. The van der Waals surface area contributed by atoms with Crippen LogP contribution in [-0.4, -0.2) is 24.4 Å². The minimum atomic E-state index is -0.804. The summed E-state index contributed by atoms with van der Waals surface area (Å²) in [5.74, 6) is -0.984. The average Bonchev–Trinajstić information content (AvgIpc) is 2.20. The van der Waals surface area contributed by atoms with Crippen LogP contribution in [0.5, 0.6) is 0 Å². The Morgan fingerprint density at radius 3 is 2.60 bits per heavy atom. The minimum Gasteiger partial charge on any atom is -0.302 e. The van der Waals surface area contributed by atoms with E-state index in [2.05, 4.69) is 0 Å². The van der Waals surface area contributed by atoms with Crippen LogP contribution in [0.15, 0.2) is 18.2 Å². The van der Waals surface area contributed by atoms with Crippen molar-refractivity contribution in [3.63, 3.8) is 0 Å². The van der Waals surface area contributed by atoms with Gasteiger partial charge in [-0.15, -0.1) is 11.6 Å². The molecule has 0 N–H and O–H groups in total. The fourth-order valence-electron chi connectivity index (χ4n) is 1.36. The molecule has 0 radical (unpaired) electrons. The van der Waals surface area contributed by atoms with Crippen LogP contribution in [0.2, 0.25) is 0 Å². The van der Waals surface area contributed by atoms with E-state index in [1.54, 1.807) is 6.07 Å². The summed E-state index contributed by atoms with van der Waals surface area (Å²) < 4.78 is 25.5. The van der Waals surface area contributed by atoms with Gasteiger partial charge in [-0.1, -0.05) is 6.07 Å². The highest BCUT2D eigenvalue weighted by Crippen LogP contribution is 2.10. The molecule has 0 aliphatic rings. The van der Waals surface area contributed by atoms with Crippen LogP contribution < -0.4 is 0 Å². The summed E-state index contributed by atoms with van der Waals surface area (Å²) in [7, 11) is 1.92. The quantitative estimate of drug-likeness (QED) is 0.707. The van der Waals surface area contributed by atoms with Crippen LogP contribution in [0, 0.1) is 11.6 Å². The maximum Gasteiger partial charge on any atom is 0.159 e. The largest absolute Gasteiger partial charge is 0.302 e. The second-order valence-corrected chi connectivity index (χ2v) is 3.91. The maximum absolute atomic E-state index is 12.9. The smallest absolute Gasteiger partial charge is 0.159 e. The van der Waals surface area contributed by atoms with E-state index in [0.717, 1.165) is 24.6 Å². The molecule has 0 unspecified atom stereocenters. The van der Waals surface area contributed by atoms with Gasteiger partial charge >= 0.3 is 0 Å². The number of rotatable bonds is 5. The third-order valence-corrected chi connectivity index (χ3v) is 2.38. The first kappa shape index (κ1) is 12.4. The minimum absolute atomic E-state index is 0.605. The van der Waals surface area contributed by atoms with Gasteiger partial charge in [0.25, 0.3) is 0 Å². The standard InChI is InChI=1S/C11H14ClF2N/c1-15(6-2-5-12)8-9-3-4-10(13)11(14)7-9/h3-4,7H,2,5-6,8H2,1H3. The Labute approximate surface area is 93.7 Å². The van der Waals surface area contributed by atoms with E-state index in [1.807, 2.05) is 11.9 Å². The highest BCUT2D eigenvalue weighted by atomic mass is 35.5. The summed E-state index contributed by atoms with van der Waals surface area (Å²) in [4.78, 5) is 2.02. The van der Waals surface area contributed by atoms with Gasteiger partial charge in [-0.25, -0.2) is 8.78 Å². The van der Waals surface area contributed by atoms with Crippen molar-refractivity contribution >= 4 is 11.6 Å². The summed E-state index contributed by atoms with van der Waals surface area (Å²) in [5.41, 5.74) is 0.769. The molecule has 0 atom stereocenters. The fourth-order valence-corrected chi connectivity index (χ4v) is 1.48. The summed E-state index contributed by atoms with van der Waals surface area (Å²) in [5, 5.41) is 0. The van der Waals surface area contributed by atoms with Crippen LogP contribution in [-0.2, 0) is 6.54 Å². The number of nitrogens with zero attached hydrogens (tertiary/aromatic N) is 1. The Bertz CT molecular complexity index is 317. The highest BCUT2D eigenvalue weighted by Gasteiger charge is 2.04. The van der Waals surface area contributed by atoms with Gasteiger partial charge in [-0.3, -0.25) is 0 Å². The molecule has 0 amide bonds. The lowest BCUT2D eigenvalue weighted by atomic mass is 10.2. The predicted octanol–water partition coefficient (Wildman–Crippen LogP) is 3.03. The van der Waals surface area contributed by atoms with Crippen molar-refractivity contribution in [2.45, 2.75) is 13.0 Å². The monoisotopic (exact) mass is 233 g/mol. The third-order valence-electron chi connectivity index (χ3n) is 2.11. The molecule has 84 valence electrons. The zero-order valence-corrected chi connectivity index (χ0v) is 9.40. The van der Waals surface area contributed by atoms with E-state index < -0.39 is 11.6 Å². The zero-order valence-electron chi connectivity index (χ0n) is 8.64. The first-order valence-corrected chi connectivity index (χ1v) is 5.35.